The summed E-state index contributed by atoms with van der Waals surface area (Å²) in [6.45, 7) is 2.01. The summed E-state index contributed by atoms with van der Waals surface area (Å²) < 4.78 is 14.1. The molecule has 0 saturated carbocycles. The Bertz CT molecular complexity index is 757. The van der Waals surface area contributed by atoms with Crippen LogP contribution in [-0.4, -0.2) is 24.9 Å². The summed E-state index contributed by atoms with van der Waals surface area (Å²) in [5, 5.41) is 3.35. The minimum atomic E-state index is -0.387. The number of halogens is 2. The molecule has 3 heterocycles. The van der Waals surface area contributed by atoms with Crippen molar-refractivity contribution >= 4 is 28.5 Å². The number of H-pyrrole nitrogens is 1. The van der Waals surface area contributed by atoms with Gasteiger partial charge in [-0.25, -0.2) is 14.4 Å². The number of aromatic amines is 1. The molecule has 0 aliphatic carbocycles. The van der Waals surface area contributed by atoms with Crippen LogP contribution in [0.2, 0.25) is 5.28 Å². The van der Waals surface area contributed by atoms with E-state index < -0.39 is 0 Å². The number of aromatic nitrogens is 5. The van der Waals surface area contributed by atoms with E-state index in [1.807, 2.05) is 0 Å². The highest BCUT2D eigenvalue weighted by Crippen LogP contribution is 2.26. The lowest BCUT2D eigenvalue weighted by atomic mass is 10.3. The lowest BCUT2D eigenvalue weighted by Crippen LogP contribution is -2.04. The average Bonchev–Trinajstić information content (AvgIpc) is 2.72. The van der Waals surface area contributed by atoms with Crippen LogP contribution in [-0.2, 0) is 6.54 Å². The summed E-state index contributed by atoms with van der Waals surface area (Å²) in [5.41, 5.74) is 1.52. The largest absolute Gasteiger partial charge is 0.364 e. The maximum atomic E-state index is 14.1. The van der Waals surface area contributed by atoms with E-state index >= 15 is 0 Å². The average molecular weight is 293 g/mol. The van der Waals surface area contributed by atoms with Crippen LogP contribution in [0.15, 0.2) is 18.6 Å². The monoisotopic (exact) mass is 292 g/mol. The van der Waals surface area contributed by atoms with Crippen LogP contribution in [0.4, 0.5) is 10.2 Å². The molecule has 0 aromatic carbocycles. The van der Waals surface area contributed by atoms with Gasteiger partial charge in [0, 0.05) is 6.20 Å². The molecule has 20 heavy (non-hydrogen) atoms. The molecular weight excluding hydrogens is 283 g/mol. The number of nitrogens with one attached hydrogen (secondary N) is 2. The second-order valence-electron chi connectivity index (χ2n) is 4.18. The zero-order valence-corrected chi connectivity index (χ0v) is 11.2. The Balaban J connectivity index is 1.98. The molecule has 3 rings (SSSR count). The van der Waals surface area contributed by atoms with Crippen molar-refractivity contribution < 1.29 is 4.39 Å². The van der Waals surface area contributed by atoms with Gasteiger partial charge in [0.2, 0.25) is 5.28 Å². The highest BCUT2D eigenvalue weighted by atomic mass is 35.5. The van der Waals surface area contributed by atoms with Crippen LogP contribution in [0, 0.1) is 12.7 Å². The van der Waals surface area contributed by atoms with Crippen molar-refractivity contribution in [1.29, 1.82) is 0 Å². The molecule has 6 nitrogen and oxygen atoms in total. The van der Waals surface area contributed by atoms with Crippen LogP contribution < -0.4 is 5.32 Å². The first-order valence-electron chi connectivity index (χ1n) is 5.85. The van der Waals surface area contributed by atoms with Crippen molar-refractivity contribution in [2.45, 2.75) is 13.5 Å². The number of nitrogens with zero attached hydrogens (tertiary/aromatic N) is 4. The zero-order valence-electron chi connectivity index (χ0n) is 10.5. The van der Waals surface area contributed by atoms with Crippen molar-refractivity contribution in [2.24, 2.45) is 0 Å². The molecule has 3 aromatic rings. The van der Waals surface area contributed by atoms with Gasteiger partial charge in [-0.2, -0.15) is 9.97 Å². The van der Waals surface area contributed by atoms with Gasteiger partial charge in [0.1, 0.15) is 17.8 Å². The highest BCUT2D eigenvalue weighted by molar-refractivity contribution is 6.28. The number of rotatable bonds is 3. The second-order valence-corrected chi connectivity index (χ2v) is 4.52. The van der Waals surface area contributed by atoms with Gasteiger partial charge in [-0.1, -0.05) is 0 Å². The zero-order chi connectivity index (χ0) is 14.1. The van der Waals surface area contributed by atoms with Crippen molar-refractivity contribution in [2.75, 3.05) is 5.32 Å². The van der Waals surface area contributed by atoms with E-state index in [-0.39, 0.29) is 11.1 Å². The minimum absolute atomic E-state index is 0.0453. The smallest absolute Gasteiger partial charge is 0.226 e. The molecule has 0 fully saturated rings. The summed E-state index contributed by atoms with van der Waals surface area (Å²) in [7, 11) is 0. The quantitative estimate of drug-likeness (QED) is 0.725. The van der Waals surface area contributed by atoms with Gasteiger partial charge in [0.15, 0.2) is 5.82 Å². The lowest BCUT2D eigenvalue weighted by molar-refractivity contribution is 0.629. The Morgan fingerprint density at radius 2 is 2.25 bits per heavy atom. The summed E-state index contributed by atoms with van der Waals surface area (Å²) in [5.74, 6) is -0.0534. The number of hydrogen-bond acceptors (Lipinski definition) is 5. The highest BCUT2D eigenvalue weighted by Gasteiger charge is 2.16. The van der Waals surface area contributed by atoms with E-state index in [4.69, 9.17) is 11.6 Å². The third kappa shape index (κ3) is 2.27. The molecule has 0 saturated heterocycles. The predicted octanol–water partition coefficient (Wildman–Crippen LogP) is 2.46. The Morgan fingerprint density at radius 1 is 1.40 bits per heavy atom. The van der Waals surface area contributed by atoms with Gasteiger partial charge in [0.25, 0.3) is 0 Å². The molecule has 0 spiro atoms. The van der Waals surface area contributed by atoms with Crippen molar-refractivity contribution in [3.05, 3.63) is 41.1 Å². The van der Waals surface area contributed by atoms with E-state index in [9.17, 15) is 4.39 Å². The van der Waals surface area contributed by atoms with Gasteiger partial charge < -0.3 is 10.3 Å². The third-order valence-corrected chi connectivity index (χ3v) is 2.99. The van der Waals surface area contributed by atoms with Crippen LogP contribution in [0.25, 0.3) is 11.0 Å². The van der Waals surface area contributed by atoms with E-state index in [0.29, 0.717) is 29.1 Å². The van der Waals surface area contributed by atoms with Crippen LogP contribution in [0.1, 0.15) is 11.4 Å². The molecule has 0 radical (unpaired) electrons. The molecular formula is C12H10ClFN6. The van der Waals surface area contributed by atoms with Crippen molar-refractivity contribution in [3.63, 3.8) is 0 Å². The molecule has 0 aliphatic rings. The summed E-state index contributed by atoms with van der Waals surface area (Å²) in [6.07, 6.45) is 3.08. The summed E-state index contributed by atoms with van der Waals surface area (Å²) >= 11 is 5.84. The molecule has 0 amide bonds. The Labute approximate surface area is 118 Å². The van der Waals surface area contributed by atoms with Crippen LogP contribution in [0.5, 0.6) is 0 Å². The van der Waals surface area contributed by atoms with Crippen molar-refractivity contribution in [1.82, 2.24) is 24.9 Å². The minimum Gasteiger partial charge on any atom is -0.364 e. The van der Waals surface area contributed by atoms with Gasteiger partial charge in [0.05, 0.1) is 23.3 Å². The van der Waals surface area contributed by atoms with Crippen LogP contribution >= 0.6 is 11.6 Å². The van der Waals surface area contributed by atoms with Crippen LogP contribution in [0.3, 0.4) is 0 Å². The predicted molar refractivity (Wildman–Crippen MR) is 73.0 cm³/mol. The normalized spacial score (nSPS) is 10.9. The van der Waals surface area contributed by atoms with E-state index in [2.05, 4.69) is 30.2 Å². The number of hydrogen-bond donors (Lipinski definition) is 2. The Kier molecular flexibility index (Phi) is 3.19. The summed E-state index contributed by atoms with van der Waals surface area (Å²) in [6, 6.07) is 1.76. The van der Waals surface area contributed by atoms with Gasteiger partial charge >= 0.3 is 0 Å². The second kappa shape index (κ2) is 5.01. The maximum absolute atomic E-state index is 14.1. The fourth-order valence-electron chi connectivity index (χ4n) is 1.88. The number of fused-ring (bicyclic) bond motifs is 1. The first-order chi connectivity index (χ1) is 9.65. The van der Waals surface area contributed by atoms with Crippen molar-refractivity contribution in [3.8, 4) is 0 Å². The molecule has 8 heteroatoms. The molecule has 0 aliphatic heterocycles. The Morgan fingerprint density at radius 3 is 3.00 bits per heavy atom. The number of aryl methyl sites for hydroxylation is 1. The molecule has 0 bridgehead atoms. The molecule has 0 unspecified atom stereocenters. The molecule has 102 valence electrons. The van der Waals surface area contributed by atoms with E-state index in [0.717, 1.165) is 5.69 Å². The van der Waals surface area contributed by atoms with E-state index in [1.54, 1.807) is 19.2 Å². The van der Waals surface area contributed by atoms with Gasteiger partial charge in [-0.3, -0.25) is 0 Å². The molecule has 3 aromatic heterocycles. The standard InChI is InChI=1S/C12H10ClFN6/c1-6-9(14)8-10(19-12(13)20-11(8)18-6)16-4-7-2-3-15-5-17-7/h2-3,5H,4H2,1H3,(H2,16,18,19,20). The Hall–Kier alpha value is -2.28. The topological polar surface area (TPSA) is 79.4 Å². The maximum Gasteiger partial charge on any atom is 0.226 e. The number of anilines is 1. The SMILES string of the molecule is Cc1[nH]c2nc(Cl)nc(NCc3ccncn3)c2c1F. The molecule has 2 N–H and O–H groups in total. The van der Waals surface area contributed by atoms with Gasteiger partial charge in [-0.05, 0) is 24.6 Å². The third-order valence-electron chi connectivity index (χ3n) is 2.82. The first kappa shape index (κ1) is 12.7. The van der Waals surface area contributed by atoms with Gasteiger partial charge in [-0.15, -0.1) is 0 Å². The summed E-state index contributed by atoms with van der Waals surface area (Å²) in [4.78, 5) is 18.7. The lowest BCUT2D eigenvalue weighted by Gasteiger charge is -2.06. The first-order valence-corrected chi connectivity index (χ1v) is 6.23. The van der Waals surface area contributed by atoms with E-state index in [1.165, 1.54) is 6.33 Å². The fraction of sp³-hybridized carbons (Fsp3) is 0.167. The molecule has 0 atom stereocenters. The fourth-order valence-corrected chi connectivity index (χ4v) is 2.05.